The van der Waals surface area contributed by atoms with E-state index in [1.807, 2.05) is 30.3 Å². The van der Waals surface area contributed by atoms with Gasteiger partial charge in [-0.1, -0.05) is 30.3 Å². The van der Waals surface area contributed by atoms with Crippen molar-refractivity contribution in [2.45, 2.75) is 37.4 Å². The van der Waals surface area contributed by atoms with E-state index in [4.69, 9.17) is 4.74 Å². The molecule has 3 rings (SSSR count). The number of esters is 1. The molecule has 0 bridgehead atoms. The van der Waals surface area contributed by atoms with Crippen LogP contribution in [0, 0.1) is 5.92 Å². The maximum absolute atomic E-state index is 12.8. The lowest BCUT2D eigenvalue weighted by atomic mass is 9.88. The van der Waals surface area contributed by atoms with Gasteiger partial charge in [-0.25, -0.2) is 5.43 Å². The number of ether oxygens (including phenoxy) is 1. The topological polar surface area (TPSA) is 91.5 Å². The van der Waals surface area contributed by atoms with Gasteiger partial charge in [-0.3, -0.25) is 15.0 Å². The fraction of sp³-hybridized carbons (Fsp3) is 0.556. The number of hydrogen-bond donors (Lipinski definition) is 4. The number of hydrazine groups is 1. The molecule has 2 aliphatic rings. The molecule has 2 saturated heterocycles. The maximum atomic E-state index is 12.8. The molecular formula is C18H26N4O3. The summed E-state index contributed by atoms with van der Waals surface area (Å²) < 4.78 is 4.73. The average molecular weight is 346 g/mol. The molecule has 0 spiro atoms. The van der Waals surface area contributed by atoms with E-state index >= 15 is 0 Å². The second-order valence-corrected chi connectivity index (χ2v) is 6.62. The van der Waals surface area contributed by atoms with Crippen molar-refractivity contribution in [3.63, 3.8) is 0 Å². The van der Waals surface area contributed by atoms with E-state index in [2.05, 4.69) is 21.5 Å². The van der Waals surface area contributed by atoms with Gasteiger partial charge < -0.3 is 15.4 Å². The zero-order chi connectivity index (χ0) is 17.6. The molecule has 7 heteroatoms. The van der Waals surface area contributed by atoms with Gasteiger partial charge in [0, 0.05) is 24.9 Å². The first-order valence-electron chi connectivity index (χ1n) is 8.83. The van der Waals surface area contributed by atoms with E-state index in [1.165, 1.54) is 7.11 Å². The van der Waals surface area contributed by atoms with Gasteiger partial charge in [0.2, 0.25) is 5.91 Å². The van der Waals surface area contributed by atoms with Crippen molar-refractivity contribution in [1.29, 1.82) is 0 Å². The maximum Gasteiger partial charge on any atom is 0.305 e. The molecule has 2 aliphatic heterocycles. The molecular weight excluding hydrogens is 320 g/mol. The number of hydrogen-bond acceptors (Lipinski definition) is 6. The number of carbonyl (C=O) groups is 2. The number of benzene rings is 1. The Hall–Kier alpha value is -1.96. The van der Waals surface area contributed by atoms with Gasteiger partial charge in [-0.05, 0) is 24.9 Å². The Labute approximate surface area is 147 Å². The SMILES string of the molecule is COC(=O)CCC(NC(=O)C1NNC2CCNCC21)c1ccccc1. The number of nitrogens with one attached hydrogen (secondary N) is 4. The summed E-state index contributed by atoms with van der Waals surface area (Å²) in [6.07, 6.45) is 1.78. The Bertz CT molecular complexity index is 595. The van der Waals surface area contributed by atoms with Crippen molar-refractivity contribution < 1.29 is 14.3 Å². The van der Waals surface area contributed by atoms with Crippen molar-refractivity contribution in [2.75, 3.05) is 20.2 Å². The molecule has 0 saturated carbocycles. The van der Waals surface area contributed by atoms with Crippen LogP contribution in [0.2, 0.25) is 0 Å². The fourth-order valence-corrected chi connectivity index (χ4v) is 3.61. The predicted octanol–water partition coefficient (Wildman–Crippen LogP) is 0.252. The third-order valence-corrected chi connectivity index (χ3v) is 5.05. The third kappa shape index (κ3) is 4.36. The van der Waals surface area contributed by atoms with Crippen LogP contribution in [0.15, 0.2) is 30.3 Å². The van der Waals surface area contributed by atoms with Crippen LogP contribution in [0.4, 0.5) is 0 Å². The molecule has 4 atom stereocenters. The summed E-state index contributed by atoms with van der Waals surface area (Å²) in [4.78, 5) is 24.4. The van der Waals surface area contributed by atoms with Crippen LogP contribution in [0.1, 0.15) is 30.9 Å². The summed E-state index contributed by atoms with van der Waals surface area (Å²) in [5.74, 6) is -0.0828. The molecule has 0 aliphatic carbocycles. The number of carbonyl (C=O) groups excluding carboxylic acids is 2. The number of rotatable bonds is 6. The smallest absolute Gasteiger partial charge is 0.305 e. The molecule has 25 heavy (non-hydrogen) atoms. The molecule has 0 aromatic heterocycles. The van der Waals surface area contributed by atoms with E-state index in [0.29, 0.717) is 12.5 Å². The van der Waals surface area contributed by atoms with E-state index < -0.39 is 0 Å². The van der Waals surface area contributed by atoms with Gasteiger partial charge >= 0.3 is 5.97 Å². The summed E-state index contributed by atoms with van der Waals surface area (Å²) in [5, 5.41) is 6.46. The Balaban J connectivity index is 1.66. The first kappa shape index (κ1) is 17.8. The van der Waals surface area contributed by atoms with Crippen LogP contribution in [0.25, 0.3) is 0 Å². The first-order valence-corrected chi connectivity index (χ1v) is 8.83. The van der Waals surface area contributed by atoms with E-state index in [9.17, 15) is 9.59 Å². The molecule has 7 nitrogen and oxygen atoms in total. The van der Waals surface area contributed by atoms with E-state index in [-0.39, 0.29) is 36.3 Å². The van der Waals surface area contributed by atoms with Crippen molar-refractivity contribution >= 4 is 11.9 Å². The predicted molar refractivity (Wildman–Crippen MR) is 93.4 cm³/mol. The van der Waals surface area contributed by atoms with Gasteiger partial charge in [0.05, 0.1) is 13.2 Å². The van der Waals surface area contributed by atoms with E-state index in [0.717, 1.165) is 25.1 Å². The summed E-state index contributed by atoms with van der Waals surface area (Å²) >= 11 is 0. The average Bonchev–Trinajstić information content (AvgIpc) is 3.09. The zero-order valence-electron chi connectivity index (χ0n) is 14.5. The molecule has 136 valence electrons. The van der Waals surface area contributed by atoms with Crippen LogP contribution in [-0.2, 0) is 14.3 Å². The Morgan fingerprint density at radius 3 is 2.84 bits per heavy atom. The standard InChI is InChI=1S/C18H26N4O3/c1-25-16(23)8-7-14(12-5-3-2-4-6-12)20-18(24)17-13-11-19-10-9-15(13)21-22-17/h2-6,13-15,17,19,21-22H,7-11H2,1H3,(H,20,24). The van der Waals surface area contributed by atoms with Crippen molar-refractivity contribution in [3.05, 3.63) is 35.9 Å². The van der Waals surface area contributed by atoms with Crippen molar-refractivity contribution in [3.8, 4) is 0 Å². The lowest BCUT2D eigenvalue weighted by Crippen LogP contribution is -2.50. The minimum Gasteiger partial charge on any atom is -0.469 e. The highest BCUT2D eigenvalue weighted by Gasteiger charge is 2.41. The highest BCUT2D eigenvalue weighted by Crippen LogP contribution is 2.23. The van der Waals surface area contributed by atoms with Gasteiger partial charge in [0.25, 0.3) is 0 Å². The molecule has 1 aromatic rings. The van der Waals surface area contributed by atoms with Crippen LogP contribution in [0.5, 0.6) is 0 Å². The summed E-state index contributed by atoms with van der Waals surface area (Å²) in [6.45, 7) is 1.79. The van der Waals surface area contributed by atoms with Gasteiger partial charge in [0.15, 0.2) is 0 Å². The van der Waals surface area contributed by atoms with Crippen molar-refractivity contribution in [1.82, 2.24) is 21.5 Å². The third-order valence-electron chi connectivity index (χ3n) is 5.05. The minimum absolute atomic E-state index is 0.0394. The fourth-order valence-electron chi connectivity index (χ4n) is 3.61. The first-order chi connectivity index (χ1) is 12.2. The normalized spacial score (nSPS) is 26.5. The van der Waals surface area contributed by atoms with Crippen molar-refractivity contribution in [2.24, 2.45) is 5.92 Å². The lowest BCUT2D eigenvalue weighted by Gasteiger charge is -2.28. The molecule has 4 N–H and O–H groups in total. The van der Waals surface area contributed by atoms with Gasteiger partial charge in [-0.2, -0.15) is 0 Å². The second-order valence-electron chi connectivity index (χ2n) is 6.62. The van der Waals surface area contributed by atoms with Crippen LogP contribution in [0.3, 0.4) is 0 Å². The summed E-state index contributed by atoms with van der Waals surface area (Å²) in [7, 11) is 1.38. The number of methoxy groups -OCH3 is 1. The Morgan fingerprint density at radius 2 is 2.08 bits per heavy atom. The molecule has 2 fully saturated rings. The molecule has 1 aromatic carbocycles. The molecule has 2 heterocycles. The Kier molecular flexibility index (Phi) is 6.01. The second kappa shape index (κ2) is 8.42. The quantitative estimate of drug-likeness (QED) is 0.552. The molecule has 0 radical (unpaired) electrons. The summed E-state index contributed by atoms with van der Waals surface area (Å²) in [5.41, 5.74) is 7.36. The van der Waals surface area contributed by atoms with Crippen LogP contribution >= 0.6 is 0 Å². The largest absolute Gasteiger partial charge is 0.469 e. The Morgan fingerprint density at radius 1 is 1.28 bits per heavy atom. The monoisotopic (exact) mass is 346 g/mol. The number of piperidine rings is 1. The minimum atomic E-state index is -0.276. The van der Waals surface area contributed by atoms with Gasteiger partial charge in [0.1, 0.15) is 6.04 Å². The van der Waals surface area contributed by atoms with Crippen LogP contribution in [-0.4, -0.2) is 44.2 Å². The number of fused-ring (bicyclic) bond motifs is 1. The lowest BCUT2D eigenvalue weighted by molar-refractivity contribution is -0.141. The summed E-state index contributed by atoms with van der Waals surface area (Å²) in [6, 6.07) is 9.56. The molecule has 1 amide bonds. The highest BCUT2D eigenvalue weighted by molar-refractivity contribution is 5.83. The van der Waals surface area contributed by atoms with Crippen LogP contribution < -0.4 is 21.5 Å². The highest BCUT2D eigenvalue weighted by atomic mass is 16.5. The molecule has 4 unspecified atom stereocenters. The van der Waals surface area contributed by atoms with Gasteiger partial charge in [-0.15, -0.1) is 0 Å². The zero-order valence-corrected chi connectivity index (χ0v) is 14.5. The van der Waals surface area contributed by atoms with E-state index in [1.54, 1.807) is 0 Å². The number of amides is 1.